The zero-order chi connectivity index (χ0) is 17.0. The molecule has 1 heterocycles. The fourth-order valence-electron chi connectivity index (χ4n) is 3.82. The van der Waals surface area contributed by atoms with Gasteiger partial charge in [0.25, 0.3) is 0 Å². The van der Waals surface area contributed by atoms with Gasteiger partial charge in [-0.3, -0.25) is 4.79 Å². The minimum atomic E-state index is -0.942. The fraction of sp³-hybridized carbons (Fsp3) is 0.875. The summed E-state index contributed by atoms with van der Waals surface area (Å²) in [5.74, 6) is -0.987. The highest BCUT2D eigenvalue weighted by Gasteiger charge is 2.69. The number of aliphatic carboxylic acids is 1. The van der Waals surface area contributed by atoms with Crippen molar-refractivity contribution in [3.05, 3.63) is 0 Å². The van der Waals surface area contributed by atoms with E-state index in [4.69, 9.17) is 10.5 Å². The Bertz CT molecular complexity index is 483. The van der Waals surface area contributed by atoms with Gasteiger partial charge in [-0.05, 0) is 39.0 Å². The molecular formula is C16H28N2O4. The molecule has 5 atom stereocenters. The van der Waals surface area contributed by atoms with E-state index in [2.05, 4.69) is 13.8 Å². The van der Waals surface area contributed by atoms with E-state index < -0.39 is 29.8 Å². The predicted octanol–water partition coefficient (Wildman–Crippen LogP) is 1.08. The number of carbonyl (C=O) groups is 2. The van der Waals surface area contributed by atoms with Crippen molar-refractivity contribution in [1.82, 2.24) is 4.90 Å². The first kappa shape index (κ1) is 17.2. The molecule has 0 unspecified atom stereocenters. The maximum absolute atomic E-state index is 12.6. The molecule has 0 aromatic carbocycles. The number of likely N-dealkylation sites (tertiary alicyclic amines) is 1. The van der Waals surface area contributed by atoms with E-state index in [1.807, 2.05) is 20.8 Å². The summed E-state index contributed by atoms with van der Waals surface area (Å²) in [5, 5.41) is 9.50. The van der Waals surface area contributed by atoms with Crippen molar-refractivity contribution in [3.8, 4) is 0 Å². The van der Waals surface area contributed by atoms with Gasteiger partial charge >= 0.3 is 5.97 Å². The molecule has 126 valence electrons. The molecular weight excluding hydrogens is 284 g/mol. The van der Waals surface area contributed by atoms with E-state index in [1.54, 1.807) is 6.92 Å². The molecule has 2 aliphatic rings. The van der Waals surface area contributed by atoms with Crippen LogP contribution in [0.5, 0.6) is 0 Å². The van der Waals surface area contributed by atoms with Crippen molar-refractivity contribution in [3.63, 3.8) is 0 Å². The lowest BCUT2D eigenvalue weighted by Crippen LogP contribution is -2.55. The molecule has 1 saturated carbocycles. The molecule has 1 aliphatic heterocycles. The van der Waals surface area contributed by atoms with Gasteiger partial charge in [-0.2, -0.15) is 0 Å². The maximum atomic E-state index is 12.6. The van der Waals surface area contributed by atoms with Crippen LogP contribution in [-0.2, 0) is 14.3 Å². The minimum absolute atomic E-state index is 0.00252. The van der Waals surface area contributed by atoms with E-state index in [0.717, 1.165) is 0 Å². The van der Waals surface area contributed by atoms with Crippen LogP contribution in [0.3, 0.4) is 0 Å². The SMILES string of the molecule is C[C@@H](OC(C)(C)C)[C@H](N)C(=O)N1C[C@H]2[C@@H]([C@H]1C(=O)O)C2(C)C. The highest BCUT2D eigenvalue weighted by molar-refractivity contribution is 5.89. The van der Waals surface area contributed by atoms with Gasteiger partial charge in [-0.25, -0.2) is 4.79 Å². The van der Waals surface area contributed by atoms with Gasteiger partial charge in [-0.1, -0.05) is 13.8 Å². The van der Waals surface area contributed by atoms with Crippen LogP contribution in [0.1, 0.15) is 41.5 Å². The minimum Gasteiger partial charge on any atom is -0.480 e. The van der Waals surface area contributed by atoms with Gasteiger partial charge < -0.3 is 20.5 Å². The molecule has 6 nitrogen and oxygen atoms in total. The van der Waals surface area contributed by atoms with Crippen LogP contribution in [0.4, 0.5) is 0 Å². The molecule has 0 bridgehead atoms. The maximum Gasteiger partial charge on any atom is 0.326 e. The Morgan fingerprint density at radius 2 is 1.91 bits per heavy atom. The number of piperidine rings is 1. The monoisotopic (exact) mass is 312 g/mol. The van der Waals surface area contributed by atoms with Gasteiger partial charge in [0.15, 0.2) is 0 Å². The Labute approximate surface area is 132 Å². The lowest BCUT2D eigenvalue weighted by atomic mass is 10.00. The van der Waals surface area contributed by atoms with E-state index in [0.29, 0.717) is 6.54 Å². The summed E-state index contributed by atoms with van der Waals surface area (Å²) < 4.78 is 5.73. The van der Waals surface area contributed by atoms with E-state index in [9.17, 15) is 14.7 Å². The molecule has 0 aromatic rings. The molecule has 1 saturated heterocycles. The molecule has 2 fully saturated rings. The van der Waals surface area contributed by atoms with Crippen LogP contribution >= 0.6 is 0 Å². The number of carboxylic acid groups (broad SMARTS) is 1. The second-order valence-corrected chi connectivity index (χ2v) is 8.19. The quantitative estimate of drug-likeness (QED) is 0.810. The van der Waals surface area contributed by atoms with Crippen molar-refractivity contribution in [1.29, 1.82) is 0 Å². The lowest BCUT2D eigenvalue weighted by Gasteiger charge is -2.33. The number of fused-ring (bicyclic) bond motifs is 1. The average Bonchev–Trinajstić information content (AvgIpc) is 2.75. The van der Waals surface area contributed by atoms with Crippen molar-refractivity contribution >= 4 is 11.9 Å². The molecule has 0 aromatic heterocycles. The standard InChI is InChI=1S/C16H28N2O4/c1-8(22-15(2,3)4)11(17)13(19)18-7-9-10(16(9,5)6)12(18)14(20)21/h8-12H,7,17H2,1-6H3,(H,20,21)/t8-,9+,10+,11+,12+/m1/s1. The first-order valence-electron chi connectivity index (χ1n) is 7.84. The fourth-order valence-corrected chi connectivity index (χ4v) is 3.82. The first-order chi connectivity index (χ1) is 9.88. The molecule has 2 rings (SSSR count). The summed E-state index contributed by atoms with van der Waals surface area (Å²) in [6, 6.07) is -1.61. The Balaban J connectivity index is 2.08. The Hall–Kier alpha value is -1.14. The highest BCUT2D eigenvalue weighted by Crippen LogP contribution is 2.64. The number of carbonyl (C=O) groups excluding carboxylic acids is 1. The Morgan fingerprint density at radius 3 is 2.36 bits per heavy atom. The van der Waals surface area contributed by atoms with Crippen LogP contribution in [0.2, 0.25) is 0 Å². The summed E-state index contributed by atoms with van der Waals surface area (Å²) in [7, 11) is 0. The molecule has 0 spiro atoms. The number of ether oxygens (including phenoxy) is 1. The van der Waals surface area contributed by atoms with Crippen molar-refractivity contribution in [2.45, 2.75) is 65.3 Å². The number of hydrogen-bond donors (Lipinski definition) is 2. The molecule has 22 heavy (non-hydrogen) atoms. The van der Waals surface area contributed by atoms with Crippen LogP contribution in [0, 0.1) is 17.3 Å². The van der Waals surface area contributed by atoms with Crippen molar-refractivity contribution in [2.24, 2.45) is 23.0 Å². The van der Waals surface area contributed by atoms with Gasteiger partial charge in [0.1, 0.15) is 12.1 Å². The number of hydrogen-bond acceptors (Lipinski definition) is 4. The highest BCUT2D eigenvalue weighted by atomic mass is 16.5. The van der Waals surface area contributed by atoms with E-state index >= 15 is 0 Å². The number of nitrogens with zero attached hydrogens (tertiary/aromatic N) is 1. The van der Waals surface area contributed by atoms with E-state index in [1.165, 1.54) is 4.90 Å². The summed E-state index contributed by atoms with van der Waals surface area (Å²) in [5.41, 5.74) is 5.62. The Kier molecular flexibility index (Phi) is 4.07. The normalized spacial score (nSPS) is 32.3. The van der Waals surface area contributed by atoms with Crippen LogP contribution in [0.25, 0.3) is 0 Å². The van der Waals surface area contributed by atoms with Gasteiger partial charge in [0.05, 0.1) is 11.7 Å². The average molecular weight is 312 g/mol. The summed E-state index contributed by atoms with van der Waals surface area (Å²) >= 11 is 0. The second kappa shape index (κ2) is 5.20. The van der Waals surface area contributed by atoms with Crippen molar-refractivity contribution in [2.75, 3.05) is 6.54 Å². The molecule has 3 N–H and O–H groups in total. The van der Waals surface area contributed by atoms with Gasteiger partial charge in [-0.15, -0.1) is 0 Å². The summed E-state index contributed by atoms with van der Waals surface area (Å²) in [4.78, 5) is 25.7. The third-order valence-corrected chi connectivity index (χ3v) is 5.07. The zero-order valence-corrected chi connectivity index (χ0v) is 14.3. The van der Waals surface area contributed by atoms with Crippen LogP contribution < -0.4 is 5.73 Å². The van der Waals surface area contributed by atoms with Crippen molar-refractivity contribution < 1.29 is 19.4 Å². The predicted molar refractivity (Wildman–Crippen MR) is 82.2 cm³/mol. The number of amides is 1. The molecule has 1 aliphatic carbocycles. The van der Waals surface area contributed by atoms with Gasteiger partial charge in [0, 0.05) is 12.5 Å². The summed E-state index contributed by atoms with van der Waals surface area (Å²) in [6.45, 7) is 12.0. The topological polar surface area (TPSA) is 92.9 Å². The Morgan fingerprint density at radius 1 is 1.36 bits per heavy atom. The number of rotatable bonds is 4. The zero-order valence-electron chi connectivity index (χ0n) is 14.3. The number of nitrogens with two attached hydrogens (primary N) is 1. The third kappa shape index (κ3) is 2.86. The van der Waals surface area contributed by atoms with E-state index in [-0.39, 0.29) is 23.2 Å². The van der Waals surface area contributed by atoms with Crippen LogP contribution in [-0.4, -0.2) is 52.2 Å². The van der Waals surface area contributed by atoms with Gasteiger partial charge in [0.2, 0.25) is 5.91 Å². The largest absolute Gasteiger partial charge is 0.480 e. The summed E-state index contributed by atoms with van der Waals surface area (Å²) in [6.07, 6.45) is -0.466. The van der Waals surface area contributed by atoms with Crippen LogP contribution in [0.15, 0.2) is 0 Å². The first-order valence-corrected chi connectivity index (χ1v) is 7.84. The molecule has 1 amide bonds. The molecule has 6 heteroatoms. The number of carboxylic acids is 1. The second-order valence-electron chi connectivity index (χ2n) is 8.19. The smallest absolute Gasteiger partial charge is 0.326 e. The molecule has 0 radical (unpaired) electrons. The lowest BCUT2D eigenvalue weighted by molar-refractivity contribution is -0.153. The third-order valence-electron chi connectivity index (χ3n) is 5.07.